The normalized spacial score (nSPS) is 21.5. The standard InChI is InChI=1S/C20H24As2Cl2S4/c1-13-5-18-10-26-22(24)28-12-20-8-15(3)19(7-16(20)4)11-27-21(23)25-9-17(13)6-14(18)2/h5-8H,9-12H2,1-4H3. The molecule has 0 unspecified atom stereocenters. The zero-order chi connectivity index (χ0) is 20.3. The maximum absolute atomic E-state index is 6.78. The molecule has 4 bridgehead atoms. The second-order valence-corrected chi connectivity index (χ2v) is 35.1. The van der Waals surface area contributed by atoms with Crippen molar-refractivity contribution in [1.82, 2.24) is 0 Å². The van der Waals surface area contributed by atoms with Gasteiger partial charge in [-0.25, -0.2) is 0 Å². The van der Waals surface area contributed by atoms with Crippen LogP contribution in [0.25, 0.3) is 0 Å². The third kappa shape index (κ3) is 6.77. The molecule has 0 atom stereocenters. The molecule has 0 saturated heterocycles. The van der Waals surface area contributed by atoms with Crippen LogP contribution >= 0.6 is 60.0 Å². The summed E-state index contributed by atoms with van der Waals surface area (Å²) in [5.41, 5.74) is 11.3. The zero-order valence-corrected chi connectivity index (χ0v) is 25.0. The number of aryl methyl sites for hydroxylation is 4. The first-order valence-corrected chi connectivity index (χ1v) is 26.8. The molecule has 0 N–H and O–H groups in total. The van der Waals surface area contributed by atoms with Crippen molar-refractivity contribution in [3.05, 3.63) is 68.8 Å². The van der Waals surface area contributed by atoms with Crippen LogP contribution in [0.15, 0.2) is 24.3 Å². The van der Waals surface area contributed by atoms with E-state index in [1.165, 1.54) is 44.5 Å². The number of benzene rings is 2. The van der Waals surface area contributed by atoms with Crippen LogP contribution in [0.1, 0.15) is 44.5 Å². The van der Waals surface area contributed by atoms with Gasteiger partial charge in [-0.15, -0.1) is 0 Å². The van der Waals surface area contributed by atoms with Crippen molar-refractivity contribution in [1.29, 1.82) is 0 Å². The van der Waals surface area contributed by atoms with Crippen LogP contribution in [0.3, 0.4) is 0 Å². The van der Waals surface area contributed by atoms with Gasteiger partial charge in [-0.2, -0.15) is 0 Å². The first kappa shape index (κ1) is 24.2. The Labute approximate surface area is 200 Å². The Balaban J connectivity index is 1.85. The maximum atomic E-state index is 6.78. The summed E-state index contributed by atoms with van der Waals surface area (Å²) in [6.45, 7) is 8.94. The average Bonchev–Trinajstić information content (AvgIpc) is 2.65. The summed E-state index contributed by atoms with van der Waals surface area (Å²) in [6, 6.07) is 9.48. The second-order valence-electron chi connectivity index (χ2n) is 6.93. The molecule has 0 saturated carbocycles. The van der Waals surface area contributed by atoms with E-state index in [1.807, 2.05) is 40.1 Å². The molecule has 0 aliphatic carbocycles. The Morgan fingerprint density at radius 2 is 0.750 bits per heavy atom. The third-order valence-corrected chi connectivity index (χ3v) is 28.5. The molecule has 0 spiro atoms. The Morgan fingerprint density at radius 1 is 0.536 bits per heavy atom. The van der Waals surface area contributed by atoms with Gasteiger partial charge in [-0.05, 0) is 0 Å². The Bertz CT molecular complexity index is 710. The number of hydrogen-bond acceptors (Lipinski definition) is 4. The fourth-order valence-corrected chi connectivity index (χ4v) is 21.1. The van der Waals surface area contributed by atoms with Gasteiger partial charge >= 0.3 is 202 Å². The molecule has 152 valence electrons. The van der Waals surface area contributed by atoms with Gasteiger partial charge in [0, 0.05) is 0 Å². The van der Waals surface area contributed by atoms with Crippen molar-refractivity contribution in [3.63, 3.8) is 0 Å². The van der Waals surface area contributed by atoms with Crippen molar-refractivity contribution in [2.24, 2.45) is 0 Å². The van der Waals surface area contributed by atoms with Crippen LogP contribution in [0.5, 0.6) is 0 Å². The molecule has 2 aromatic rings. The van der Waals surface area contributed by atoms with E-state index in [1.54, 1.807) is 0 Å². The monoisotopic (exact) mass is 612 g/mol. The zero-order valence-electron chi connectivity index (χ0n) is 16.4. The molecular weight excluding hydrogens is 589 g/mol. The Kier molecular flexibility index (Phi) is 9.86. The summed E-state index contributed by atoms with van der Waals surface area (Å²) >= 11 is -2.89. The predicted molar refractivity (Wildman–Crippen MR) is 140 cm³/mol. The van der Waals surface area contributed by atoms with Crippen molar-refractivity contribution in [3.8, 4) is 0 Å². The van der Waals surface area contributed by atoms with E-state index in [0.717, 1.165) is 23.0 Å². The van der Waals surface area contributed by atoms with Crippen molar-refractivity contribution < 1.29 is 0 Å². The van der Waals surface area contributed by atoms with Crippen LogP contribution in [0.2, 0.25) is 0 Å². The van der Waals surface area contributed by atoms with E-state index in [-0.39, 0.29) is 0 Å². The van der Waals surface area contributed by atoms with E-state index in [2.05, 4.69) is 52.0 Å². The molecule has 0 nitrogen and oxygen atoms in total. The van der Waals surface area contributed by atoms with E-state index in [0.29, 0.717) is 0 Å². The predicted octanol–water partition coefficient (Wildman–Crippen LogP) is 8.01. The van der Waals surface area contributed by atoms with Gasteiger partial charge in [0.15, 0.2) is 0 Å². The van der Waals surface area contributed by atoms with Crippen LogP contribution in [-0.4, -0.2) is 22.8 Å². The summed E-state index contributed by atoms with van der Waals surface area (Å²) < 4.78 is 0. The number of rotatable bonds is 0. The van der Waals surface area contributed by atoms with E-state index < -0.39 is 22.8 Å². The summed E-state index contributed by atoms with van der Waals surface area (Å²) in [7, 11) is 21.5. The Hall–Kier alpha value is 1.54. The topological polar surface area (TPSA) is 0 Å². The number of hydrogen-bond donors (Lipinski definition) is 0. The van der Waals surface area contributed by atoms with Crippen LogP contribution < -0.4 is 0 Å². The fraction of sp³-hybridized carbons (Fsp3) is 0.400. The van der Waals surface area contributed by atoms with Gasteiger partial charge in [0.2, 0.25) is 0 Å². The molecule has 2 aromatic carbocycles. The molecule has 8 heteroatoms. The molecular formula is C20H24As2Cl2S4. The molecule has 4 aliphatic heterocycles. The summed E-state index contributed by atoms with van der Waals surface area (Å²) in [6.07, 6.45) is 0. The van der Waals surface area contributed by atoms with Gasteiger partial charge < -0.3 is 0 Å². The summed E-state index contributed by atoms with van der Waals surface area (Å²) in [4.78, 5) is 0. The SMILES string of the molecule is Cc1cc2c(C)cc1CS[As](Cl)SCc1cc(C)c(cc1C)CS[As](Cl)SC2. The van der Waals surface area contributed by atoms with Crippen molar-refractivity contribution >= 4 is 82.8 Å². The van der Waals surface area contributed by atoms with Crippen LogP contribution in [0.4, 0.5) is 0 Å². The third-order valence-electron chi connectivity index (χ3n) is 4.88. The van der Waals surface area contributed by atoms with Gasteiger partial charge in [0.05, 0.1) is 0 Å². The molecule has 4 heterocycles. The Morgan fingerprint density at radius 3 is 0.964 bits per heavy atom. The van der Waals surface area contributed by atoms with Crippen molar-refractivity contribution in [2.45, 2.75) is 50.7 Å². The molecule has 6 rings (SSSR count). The first-order chi connectivity index (χ1) is 13.3. The minimum absolute atomic E-state index is 1.02. The van der Waals surface area contributed by atoms with Crippen LogP contribution in [0, 0.1) is 27.7 Å². The average molecular weight is 613 g/mol. The second kappa shape index (κ2) is 11.4. The first-order valence-electron chi connectivity index (χ1n) is 8.95. The molecule has 0 radical (unpaired) electrons. The number of halogens is 2. The summed E-state index contributed by atoms with van der Waals surface area (Å²) in [5, 5.41) is 0. The molecule has 0 aromatic heterocycles. The molecule has 0 fully saturated rings. The molecule has 4 aliphatic rings. The minimum atomic E-state index is -1.44. The van der Waals surface area contributed by atoms with E-state index in [4.69, 9.17) is 19.9 Å². The van der Waals surface area contributed by atoms with Gasteiger partial charge in [0.1, 0.15) is 0 Å². The van der Waals surface area contributed by atoms with Gasteiger partial charge in [-0.3, -0.25) is 0 Å². The summed E-state index contributed by atoms with van der Waals surface area (Å²) in [5.74, 6) is 4.10. The van der Waals surface area contributed by atoms with E-state index >= 15 is 0 Å². The fourth-order valence-electron chi connectivity index (χ4n) is 3.05. The van der Waals surface area contributed by atoms with Gasteiger partial charge in [-0.1, -0.05) is 0 Å². The molecule has 0 amide bonds. The van der Waals surface area contributed by atoms with E-state index in [9.17, 15) is 0 Å². The molecule has 28 heavy (non-hydrogen) atoms. The quantitative estimate of drug-likeness (QED) is 0.276. The van der Waals surface area contributed by atoms with Crippen LogP contribution in [-0.2, 0) is 23.0 Å². The van der Waals surface area contributed by atoms with Gasteiger partial charge in [0.25, 0.3) is 0 Å². The van der Waals surface area contributed by atoms with Crippen molar-refractivity contribution in [2.75, 3.05) is 0 Å².